The van der Waals surface area contributed by atoms with Crippen molar-refractivity contribution in [3.63, 3.8) is 0 Å². The van der Waals surface area contributed by atoms with Gasteiger partial charge in [0.2, 0.25) is 5.91 Å². The first-order valence-electron chi connectivity index (χ1n) is 7.62. The van der Waals surface area contributed by atoms with Crippen LogP contribution >= 0.6 is 11.6 Å². The molecule has 1 heterocycles. The number of hydrogen-bond donors (Lipinski definition) is 0. The predicted molar refractivity (Wildman–Crippen MR) is 87.3 cm³/mol. The molecule has 0 atom stereocenters. The van der Waals surface area contributed by atoms with Crippen LogP contribution in [0.1, 0.15) is 17.3 Å². The first-order chi connectivity index (χ1) is 11.5. The number of amides is 2. The molecule has 1 aliphatic heterocycles. The lowest BCUT2D eigenvalue weighted by atomic mass is 10.1. The second kappa shape index (κ2) is 8.54. The summed E-state index contributed by atoms with van der Waals surface area (Å²) in [6.45, 7) is 3.78. The van der Waals surface area contributed by atoms with Crippen LogP contribution in [0.3, 0.4) is 0 Å². The van der Waals surface area contributed by atoms with Gasteiger partial charge in [-0.05, 0) is 31.2 Å². The Morgan fingerprint density at radius 2 is 1.62 bits per heavy atom. The number of alkyl halides is 1. The summed E-state index contributed by atoms with van der Waals surface area (Å²) in [6.07, 6.45) is -0.781. The summed E-state index contributed by atoms with van der Waals surface area (Å²) in [5.74, 6) is 0.0120. The van der Waals surface area contributed by atoms with E-state index >= 15 is 0 Å². The van der Waals surface area contributed by atoms with E-state index in [4.69, 9.17) is 16.3 Å². The Labute approximate surface area is 145 Å². The molecule has 24 heavy (non-hydrogen) atoms. The van der Waals surface area contributed by atoms with E-state index in [0.717, 1.165) is 0 Å². The van der Waals surface area contributed by atoms with Crippen LogP contribution in [0.4, 0.5) is 4.79 Å². The summed E-state index contributed by atoms with van der Waals surface area (Å²) < 4.78 is 9.62. The SMILES string of the molecule is CCOC(=O)Oc1ccc(C(=O)N2CCN(C(=O)CCl)CC2)cc1. The van der Waals surface area contributed by atoms with Gasteiger partial charge in [-0.1, -0.05) is 0 Å². The summed E-state index contributed by atoms with van der Waals surface area (Å²) >= 11 is 5.53. The van der Waals surface area contributed by atoms with Gasteiger partial charge in [0.15, 0.2) is 0 Å². The van der Waals surface area contributed by atoms with Crippen molar-refractivity contribution in [1.82, 2.24) is 9.80 Å². The van der Waals surface area contributed by atoms with Crippen LogP contribution in [-0.4, -0.2) is 66.4 Å². The molecule has 0 radical (unpaired) electrons. The predicted octanol–water partition coefficient (Wildman–Crippen LogP) is 1.75. The number of hydrogen-bond acceptors (Lipinski definition) is 5. The van der Waals surface area contributed by atoms with Gasteiger partial charge in [0.05, 0.1) is 6.61 Å². The highest BCUT2D eigenvalue weighted by atomic mass is 35.5. The quantitative estimate of drug-likeness (QED) is 0.467. The third-order valence-electron chi connectivity index (χ3n) is 3.60. The molecule has 0 spiro atoms. The van der Waals surface area contributed by atoms with E-state index < -0.39 is 6.16 Å². The summed E-state index contributed by atoms with van der Waals surface area (Å²) in [6, 6.07) is 6.26. The molecule has 1 aliphatic rings. The minimum absolute atomic E-state index is 0.0458. The molecule has 2 rings (SSSR count). The number of ether oxygens (including phenoxy) is 2. The van der Waals surface area contributed by atoms with Gasteiger partial charge in [0, 0.05) is 31.7 Å². The highest BCUT2D eigenvalue weighted by molar-refractivity contribution is 6.27. The fourth-order valence-electron chi connectivity index (χ4n) is 2.34. The Morgan fingerprint density at radius 3 is 2.17 bits per heavy atom. The number of carbonyl (C=O) groups excluding carboxylic acids is 3. The van der Waals surface area contributed by atoms with Gasteiger partial charge in [-0.25, -0.2) is 4.79 Å². The molecule has 1 saturated heterocycles. The van der Waals surface area contributed by atoms with Gasteiger partial charge in [-0.2, -0.15) is 0 Å². The van der Waals surface area contributed by atoms with E-state index in [1.807, 2.05) is 0 Å². The molecule has 0 saturated carbocycles. The Balaban J connectivity index is 1.91. The standard InChI is InChI=1S/C16H19ClN2O5/c1-2-23-16(22)24-13-5-3-12(4-6-13)15(21)19-9-7-18(8-10-19)14(20)11-17/h3-6H,2,7-11H2,1H3. The van der Waals surface area contributed by atoms with Crippen LogP contribution in [0, 0.1) is 0 Å². The third-order valence-corrected chi connectivity index (χ3v) is 3.83. The van der Waals surface area contributed by atoms with E-state index in [2.05, 4.69) is 4.74 Å². The highest BCUT2D eigenvalue weighted by Crippen LogP contribution is 2.15. The molecule has 1 aromatic carbocycles. The fourth-order valence-corrected chi connectivity index (χ4v) is 2.50. The smallest absolute Gasteiger partial charge is 0.434 e. The zero-order valence-electron chi connectivity index (χ0n) is 13.4. The van der Waals surface area contributed by atoms with Crippen LogP contribution in [0.2, 0.25) is 0 Å². The summed E-state index contributed by atoms with van der Waals surface area (Å²) in [4.78, 5) is 38.5. The molecule has 1 fully saturated rings. The summed E-state index contributed by atoms with van der Waals surface area (Å²) in [7, 11) is 0. The van der Waals surface area contributed by atoms with Gasteiger partial charge < -0.3 is 19.3 Å². The average molecular weight is 355 g/mol. The van der Waals surface area contributed by atoms with Crippen molar-refractivity contribution < 1.29 is 23.9 Å². The lowest BCUT2D eigenvalue weighted by Crippen LogP contribution is -2.50. The van der Waals surface area contributed by atoms with Crippen molar-refractivity contribution in [2.45, 2.75) is 6.92 Å². The van der Waals surface area contributed by atoms with Crippen molar-refractivity contribution in [3.8, 4) is 5.75 Å². The van der Waals surface area contributed by atoms with E-state index in [1.54, 1.807) is 28.9 Å². The largest absolute Gasteiger partial charge is 0.513 e. The van der Waals surface area contributed by atoms with E-state index in [1.165, 1.54) is 12.1 Å². The highest BCUT2D eigenvalue weighted by Gasteiger charge is 2.24. The fraction of sp³-hybridized carbons (Fsp3) is 0.438. The lowest BCUT2D eigenvalue weighted by molar-refractivity contribution is -0.129. The van der Waals surface area contributed by atoms with Crippen molar-refractivity contribution in [1.29, 1.82) is 0 Å². The Hall–Kier alpha value is -2.28. The van der Waals surface area contributed by atoms with Crippen molar-refractivity contribution >= 4 is 29.6 Å². The minimum Gasteiger partial charge on any atom is -0.434 e. The van der Waals surface area contributed by atoms with E-state index in [9.17, 15) is 14.4 Å². The molecule has 8 heteroatoms. The first kappa shape index (κ1) is 18.1. The molecule has 0 aromatic heterocycles. The normalized spacial score (nSPS) is 14.2. The summed E-state index contributed by atoms with van der Waals surface area (Å²) in [5, 5.41) is 0. The van der Waals surface area contributed by atoms with Gasteiger partial charge >= 0.3 is 6.16 Å². The molecular formula is C16H19ClN2O5. The number of rotatable bonds is 4. The van der Waals surface area contributed by atoms with Crippen LogP contribution in [0.25, 0.3) is 0 Å². The van der Waals surface area contributed by atoms with Gasteiger partial charge in [0.25, 0.3) is 5.91 Å². The lowest BCUT2D eigenvalue weighted by Gasteiger charge is -2.34. The molecule has 0 N–H and O–H groups in total. The Bertz CT molecular complexity index is 597. The second-order valence-electron chi connectivity index (χ2n) is 5.12. The van der Waals surface area contributed by atoms with E-state index in [-0.39, 0.29) is 24.3 Å². The summed E-state index contributed by atoms with van der Waals surface area (Å²) in [5.41, 5.74) is 0.489. The molecule has 130 valence electrons. The maximum absolute atomic E-state index is 12.4. The third kappa shape index (κ3) is 4.61. The number of piperazine rings is 1. The van der Waals surface area contributed by atoms with Gasteiger partial charge in [-0.15, -0.1) is 11.6 Å². The van der Waals surface area contributed by atoms with E-state index in [0.29, 0.717) is 37.5 Å². The average Bonchev–Trinajstić information content (AvgIpc) is 2.61. The molecule has 0 aliphatic carbocycles. The Kier molecular flexibility index (Phi) is 6.43. The van der Waals surface area contributed by atoms with Crippen molar-refractivity contribution in [2.75, 3.05) is 38.7 Å². The van der Waals surface area contributed by atoms with Gasteiger partial charge in [-0.3, -0.25) is 9.59 Å². The topological polar surface area (TPSA) is 76.2 Å². The zero-order chi connectivity index (χ0) is 17.5. The molecule has 2 amide bonds. The number of carbonyl (C=O) groups is 3. The maximum atomic E-state index is 12.4. The van der Waals surface area contributed by atoms with Crippen molar-refractivity contribution in [2.24, 2.45) is 0 Å². The minimum atomic E-state index is -0.781. The Morgan fingerprint density at radius 1 is 1.04 bits per heavy atom. The van der Waals surface area contributed by atoms with Crippen LogP contribution < -0.4 is 4.74 Å². The van der Waals surface area contributed by atoms with Crippen LogP contribution in [0.5, 0.6) is 5.75 Å². The molecule has 7 nitrogen and oxygen atoms in total. The number of halogens is 1. The first-order valence-corrected chi connectivity index (χ1v) is 8.16. The van der Waals surface area contributed by atoms with Crippen LogP contribution in [-0.2, 0) is 9.53 Å². The molecular weight excluding hydrogens is 336 g/mol. The zero-order valence-corrected chi connectivity index (χ0v) is 14.1. The van der Waals surface area contributed by atoms with Crippen LogP contribution in [0.15, 0.2) is 24.3 Å². The number of benzene rings is 1. The monoisotopic (exact) mass is 354 g/mol. The van der Waals surface area contributed by atoms with Crippen molar-refractivity contribution in [3.05, 3.63) is 29.8 Å². The molecule has 1 aromatic rings. The van der Waals surface area contributed by atoms with Gasteiger partial charge in [0.1, 0.15) is 11.6 Å². The maximum Gasteiger partial charge on any atom is 0.513 e. The number of nitrogens with zero attached hydrogens (tertiary/aromatic N) is 2. The second-order valence-corrected chi connectivity index (χ2v) is 5.38. The molecule has 0 unspecified atom stereocenters. The molecule has 0 bridgehead atoms.